The van der Waals surface area contributed by atoms with Gasteiger partial charge in [0, 0.05) is 4.48 Å². The molecule has 5 rings (SSSR count). The summed E-state index contributed by atoms with van der Waals surface area (Å²) in [6.07, 6.45) is 5.94. The second kappa shape index (κ2) is 9.15. The van der Waals surface area contributed by atoms with E-state index in [4.69, 9.17) is 9.97 Å². The number of nitrogens with zero attached hydrogens (tertiary/aromatic N) is 3. The summed E-state index contributed by atoms with van der Waals surface area (Å²) < 4.78 is 7.86. The van der Waals surface area contributed by atoms with E-state index >= 15 is 0 Å². The minimum Gasteiger partial charge on any atom is -0.354 e. The number of hydrogen-bond donors (Lipinski definition) is 1. The summed E-state index contributed by atoms with van der Waals surface area (Å²) in [5, 5.41) is 0. The standard InChI is InChI=1S/C20H6Br8N4/c21-6-5-11-13(23)9-2-1-7(29-9)12(22)8-3-4-10(30-8)14(24)19-15(25)16(26)20(32(19)28)17(27)18(6)31-11/h1-5,29H. The molecule has 32 heavy (non-hydrogen) atoms. The van der Waals surface area contributed by atoms with Crippen LogP contribution in [0.25, 0.3) is 44.8 Å². The average molecular weight is 942 g/mol. The van der Waals surface area contributed by atoms with Crippen molar-refractivity contribution in [2.24, 2.45) is 0 Å². The van der Waals surface area contributed by atoms with Crippen LogP contribution in [-0.2, 0) is 0 Å². The molecular weight excluding hydrogens is 935 g/mol. The average Bonchev–Trinajstić information content (AvgIpc) is 3.53. The third-order valence-electron chi connectivity index (χ3n) is 4.82. The molecule has 0 saturated heterocycles. The summed E-state index contributed by atoms with van der Waals surface area (Å²) >= 11 is 29.8. The number of halogens is 8. The van der Waals surface area contributed by atoms with Gasteiger partial charge in [-0.2, -0.15) is 0 Å². The lowest BCUT2D eigenvalue weighted by Gasteiger charge is -2.01. The molecule has 0 atom stereocenters. The number of fused-ring (bicyclic) bond motifs is 8. The van der Waals surface area contributed by atoms with Gasteiger partial charge in [-0.3, -0.25) is 3.59 Å². The Kier molecular flexibility index (Phi) is 6.90. The van der Waals surface area contributed by atoms with Crippen LogP contribution in [0.3, 0.4) is 0 Å². The first-order valence-electron chi connectivity index (χ1n) is 8.73. The quantitative estimate of drug-likeness (QED) is 0.191. The lowest BCUT2D eigenvalue weighted by molar-refractivity contribution is 1.27. The van der Waals surface area contributed by atoms with Crippen molar-refractivity contribution in [3.05, 3.63) is 61.7 Å². The fourth-order valence-corrected chi connectivity index (χ4v) is 9.54. The van der Waals surface area contributed by atoms with Crippen molar-refractivity contribution in [3.63, 3.8) is 0 Å². The Labute approximate surface area is 249 Å². The summed E-state index contributed by atoms with van der Waals surface area (Å²) in [5.41, 5.74) is 6.74. The van der Waals surface area contributed by atoms with Gasteiger partial charge in [0.25, 0.3) is 0 Å². The maximum atomic E-state index is 4.88. The van der Waals surface area contributed by atoms with Gasteiger partial charge in [0.1, 0.15) is 0 Å². The highest BCUT2D eigenvalue weighted by atomic mass is 79.9. The minimum absolute atomic E-state index is 0.770. The summed E-state index contributed by atoms with van der Waals surface area (Å²) in [5.74, 6) is 0. The third kappa shape index (κ3) is 3.88. The van der Waals surface area contributed by atoms with Crippen LogP contribution in [0, 0.1) is 0 Å². The lowest BCUT2D eigenvalue weighted by Crippen LogP contribution is -1.86. The molecular formula is C20H6Br8N4. The van der Waals surface area contributed by atoms with E-state index in [1.807, 2.05) is 34.0 Å². The maximum Gasteiger partial charge on any atom is 0.0944 e. The van der Waals surface area contributed by atoms with E-state index in [1.165, 1.54) is 0 Å². The topological polar surface area (TPSA) is 46.5 Å². The van der Waals surface area contributed by atoms with Gasteiger partial charge in [-0.1, -0.05) is 0 Å². The molecule has 8 bridgehead atoms. The van der Waals surface area contributed by atoms with Crippen LogP contribution in [0.5, 0.6) is 0 Å². The smallest absolute Gasteiger partial charge is 0.0944 e. The Morgan fingerprint density at radius 2 is 1.16 bits per heavy atom. The highest BCUT2D eigenvalue weighted by Crippen LogP contribution is 2.45. The molecule has 0 fully saturated rings. The maximum absolute atomic E-state index is 4.88. The Morgan fingerprint density at radius 1 is 0.625 bits per heavy atom. The first-order chi connectivity index (χ1) is 15.2. The van der Waals surface area contributed by atoms with E-state index in [1.54, 1.807) is 0 Å². The van der Waals surface area contributed by atoms with Gasteiger partial charge in [-0.05, 0) is 142 Å². The number of aromatic nitrogens is 4. The molecule has 3 aromatic rings. The Bertz CT molecular complexity index is 1560. The summed E-state index contributed by atoms with van der Waals surface area (Å²) in [6.45, 7) is 0. The SMILES string of the molecule is BrC1=Cc2nc1c(Br)c1c(Br)c(Br)c(c(Br)c3nc(c(Br)c4ccc([nH]4)c2Br)C=C3)n1Br. The first-order valence-corrected chi connectivity index (χ1v) is 15.0. The normalized spacial score (nSPS) is 13.1. The number of rotatable bonds is 0. The lowest BCUT2D eigenvalue weighted by atomic mass is 10.3. The molecule has 0 radical (unpaired) electrons. The summed E-state index contributed by atoms with van der Waals surface area (Å²) in [7, 11) is 0. The van der Waals surface area contributed by atoms with Gasteiger partial charge >= 0.3 is 0 Å². The molecule has 2 aliphatic rings. The van der Waals surface area contributed by atoms with Crippen LogP contribution < -0.4 is 0 Å². The van der Waals surface area contributed by atoms with E-state index in [-0.39, 0.29) is 0 Å². The molecule has 0 amide bonds. The van der Waals surface area contributed by atoms with Crippen molar-refractivity contribution < 1.29 is 0 Å². The van der Waals surface area contributed by atoms with Gasteiger partial charge in [-0.25, -0.2) is 9.97 Å². The van der Waals surface area contributed by atoms with Gasteiger partial charge in [-0.15, -0.1) is 0 Å². The largest absolute Gasteiger partial charge is 0.354 e. The van der Waals surface area contributed by atoms with Crippen LogP contribution in [0.1, 0.15) is 22.8 Å². The van der Waals surface area contributed by atoms with Crippen LogP contribution in [0.15, 0.2) is 39.0 Å². The number of nitrogens with one attached hydrogen (secondary N) is 1. The minimum atomic E-state index is 0.770. The van der Waals surface area contributed by atoms with Crippen molar-refractivity contribution in [2.45, 2.75) is 0 Å². The molecule has 0 aliphatic carbocycles. The Morgan fingerprint density at radius 3 is 1.78 bits per heavy atom. The zero-order valence-electron chi connectivity index (χ0n) is 15.3. The van der Waals surface area contributed by atoms with Crippen molar-refractivity contribution >= 4 is 172 Å². The monoisotopic (exact) mass is 933 g/mol. The Balaban J connectivity index is 2.07. The van der Waals surface area contributed by atoms with E-state index in [0.29, 0.717) is 0 Å². The fraction of sp³-hybridized carbons (Fsp3) is 0. The highest BCUT2D eigenvalue weighted by molar-refractivity contribution is 9.15. The molecule has 0 unspecified atom stereocenters. The molecule has 2 aliphatic heterocycles. The summed E-state index contributed by atoms with van der Waals surface area (Å²) in [6, 6.07) is 4.02. The van der Waals surface area contributed by atoms with Crippen molar-refractivity contribution in [3.8, 4) is 0 Å². The van der Waals surface area contributed by atoms with Gasteiger partial charge in [0.05, 0.1) is 87.8 Å². The van der Waals surface area contributed by atoms with Crippen LogP contribution in [-0.4, -0.2) is 18.5 Å². The van der Waals surface area contributed by atoms with Crippen LogP contribution in [0.4, 0.5) is 0 Å². The van der Waals surface area contributed by atoms with E-state index in [2.05, 4.69) is 133 Å². The zero-order valence-corrected chi connectivity index (χ0v) is 27.9. The first kappa shape index (κ1) is 24.1. The molecule has 5 heterocycles. The van der Waals surface area contributed by atoms with Crippen molar-refractivity contribution in [2.75, 3.05) is 0 Å². The zero-order chi connectivity index (χ0) is 22.9. The van der Waals surface area contributed by atoms with Crippen molar-refractivity contribution in [1.29, 1.82) is 0 Å². The highest BCUT2D eigenvalue weighted by Gasteiger charge is 2.22. The molecule has 0 saturated carbocycles. The van der Waals surface area contributed by atoms with Gasteiger partial charge < -0.3 is 4.98 Å². The summed E-state index contributed by atoms with van der Waals surface area (Å²) in [4.78, 5) is 13.1. The van der Waals surface area contributed by atoms with Gasteiger partial charge in [0.2, 0.25) is 0 Å². The molecule has 0 spiro atoms. The third-order valence-corrected chi connectivity index (χ3v) is 11.4. The molecule has 1 N–H and O–H groups in total. The predicted octanol–water partition coefficient (Wildman–Crippen LogP) is 10.6. The second-order valence-corrected chi connectivity index (χ2v) is 13.0. The molecule has 12 heteroatoms. The molecule has 4 nitrogen and oxygen atoms in total. The Hall–Kier alpha value is 0.440. The van der Waals surface area contributed by atoms with E-state index in [9.17, 15) is 0 Å². The predicted molar refractivity (Wildman–Crippen MR) is 161 cm³/mol. The molecule has 0 aromatic carbocycles. The molecule has 3 aromatic heterocycles. The second-order valence-electron chi connectivity index (χ2n) is 6.70. The van der Waals surface area contributed by atoms with Crippen LogP contribution >= 0.6 is 128 Å². The van der Waals surface area contributed by atoms with Gasteiger partial charge in [0.15, 0.2) is 0 Å². The van der Waals surface area contributed by atoms with E-state index in [0.717, 1.165) is 76.2 Å². The number of aromatic amines is 1. The van der Waals surface area contributed by atoms with E-state index < -0.39 is 0 Å². The fourth-order valence-electron chi connectivity index (χ4n) is 3.29. The molecule has 162 valence electrons. The van der Waals surface area contributed by atoms with Crippen LogP contribution in [0.2, 0.25) is 0 Å². The van der Waals surface area contributed by atoms with Crippen molar-refractivity contribution in [1.82, 2.24) is 18.5 Å². The number of hydrogen-bond acceptors (Lipinski definition) is 2. The number of H-pyrrole nitrogens is 1.